The Morgan fingerprint density at radius 1 is 0.842 bits per heavy atom. The molecule has 19 heavy (non-hydrogen) atoms. The van der Waals surface area contributed by atoms with E-state index in [9.17, 15) is 0 Å². The molecule has 0 saturated heterocycles. The van der Waals surface area contributed by atoms with Crippen molar-refractivity contribution in [3.8, 4) is 0 Å². The standard InChI is InChI=1S/C17H18N2/c1-19-17-15-9-5-3-7-13(15)11-10-12-6-2-4-8-14(12)16(17)18/h2-9,19H,10-11,18H2,1H3/b17-16-. The quantitative estimate of drug-likeness (QED) is 0.816. The first-order valence-corrected chi connectivity index (χ1v) is 6.65. The highest BCUT2D eigenvalue weighted by Crippen LogP contribution is 2.29. The van der Waals surface area contributed by atoms with Crippen LogP contribution in [-0.4, -0.2) is 7.05 Å². The summed E-state index contributed by atoms with van der Waals surface area (Å²) in [5.41, 5.74) is 13.3. The van der Waals surface area contributed by atoms with Gasteiger partial charge in [-0.1, -0.05) is 48.5 Å². The minimum absolute atomic E-state index is 0.838. The van der Waals surface area contributed by atoms with E-state index in [1.54, 1.807) is 0 Å². The summed E-state index contributed by atoms with van der Waals surface area (Å²) in [6.45, 7) is 0. The number of hydrogen-bond acceptors (Lipinski definition) is 2. The largest absolute Gasteiger partial charge is 0.397 e. The second-order valence-electron chi connectivity index (χ2n) is 4.85. The molecule has 0 unspecified atom stereocenters. The average molecular weight is 250 g/mol. The predicted octanol–water partition coefficient (Wildman–Crippen LogP) is 2.79. The van der Waals surface area contributed by atoms with Crippen molar-refractivity contribution in [2.45, 2.75) is 12.8 Å². The Hall–Kier alpha value is -2.22. The van der Waals surface area contributed by atoms with Gasteiger partial charge < -0.3 is 11.1 Å². The van der Waals surface area contributed by atoms with Crippen molar-refractivity contribution in [1.82, 2.24) is 5.32 Å². The molecule has 0 fully saturated rings. The van der Waals surface area contributed by atoms with E-state index in [4.69, 9.17) is 5.73 Å². The van der Waals surface area contributed by atoms with Crippen molar-refractivity contribution in [1.29, 1.82) is 0 Å². The first-order valence-electron chi connectivity index (χ1n) is 6.65. The van der Waals surface area contributed by atoms with Gasteiger partial charge in [0.1, 0.15) is 0 Å². The molecule has 3 N–H and O–H groups in total. The second-order valence-corrected chi connectivity index (χ2v) is 4.85. The molecule has 3 rings (SSSR count). The van der Waals surface area contributed by atoms with Gasteiger partial charge in [-0.05, 0) is 24.0 Å². The van der Waals surface area contributed by atoms with Crippen molar-refractivity contribution in [3.63, 3.8) is 0 Å². The van der Waals surface area contributed by atoms with E-state index in [1.165, 1.54) is 16.7 Å². The van der Waals surface area contributed by atoms with Crippen molar-refractivity contribution >= 4 is 11.4 Å². The zero-order valence-electron chi connectivity index (χ0n) is 11.1. The summed E-state index contributed by atoms with van der Waals surface area (Å²) in [5.74, 6) is 0. The molecule has 96 valence electrons. The van der Waals surface area contributed by atoms with Crippen molar-refractivity contribution in [2.24, 2.45) is 5.73 Å². The molecule has 0 bridgehead atoms. The summed E-state index contributed by atoms with van der Waals surface area (Å²) >= 11 is 0. The van der Waals surface area contributed by atoms with Crippen LogP contribution >= 0.6 is 0 Å². The number of aryl methyl sites for hydroxylation is 2. The van der Waals surface area contributed by atoms with Crippen molar-refractivity contribution in [2.75, 3.05) is 7.05 Å². The minimum Gasteiger partial charge on any atom is -0.397 e. The fourth-order valence-electron chi connectivity index (χ4n) is 2.80. The Labute approximate surface area is 114 Å². The Kier molecular flexibility index (Phi) is 3.00. The van der Waals surface area contributed by atoms with Gasteiger partial charge in [-0.3, -0.25) is 0 Å². The molecule has 2 aromatic carbocycles. The maximum atomic E-state index is 6.40. The van der Waals surface area contributed by atoms with Gasteiger partial charge in [-0.15, -0.1) is 0 Å². The Morgan fingerprint density at radius 3 is 2.00 bits per heavy atom. The number of benzene rings is 2. The van der Waals surface area contributed by atoms with Crippen LogP contribution in [0.3, 0.4) is 0 Å². The average Bonchev–Trinajstić information content (AvgIpc) is 2.46. The molecule has 0 atom stereocenters. The van der Waals surface area contributed by atoms with Crippen LogP contribution in [0.2, 0.25) is 0 Å². The molecule has 1 aliphatic carbocycles. The van der Waals surface area contributed by atoms with Gasteiger partial charge >= 0.3 is 0 Å². The summed E-state index contributed by atoms with van der Waals surface area (Å²) in [6.07, 6.45) is 2.08. The molecule has 0 spiro atoms. The van der Waals surface area contributed by atoms with Gasteiger partial charge in [0.25, 0.3) is 0 Å². The number of nitrogens with two attached hydrogens (primary N) is 1. The van der Waals surface area contributed by atoms with Crippen LogP contribution in [0.4, 0.5) is 0 Å². The highest BCUT2D eigenvalue weighted by atomic mass is 14.9. The van der Waals surface area contributed by atoms with E-state index in [-0.39, 0.29) is 0 Å². The van der Waals surface area contributed by atoms with Gasteiger partial charge in [-0.2, -0.15) is 0 Å². The maximum Gasteiger partial charge on any atom is 0.0654 e. The molecule has 0 amide bonds. The van der Waals surface area contributed by atoms with Crippen LogP contribution in [-0.2, 0) is 12.8 Å². The zero-order chi connectivity index (χ0) is 13.2. The number of fused-ring (bicyclic) bond motifs is 2. The summed E-state index contributed by atoms with van der Waals surface area (Å²) in [4.78, 5) is 0. The third-order valence-corrected chi connectivity index (χ3v) is 3.78. The lowest BCUT2D eigenvalue weighted by atomic mass is 9.90. The van der Waals surface area contributed by atoms with Gasteiger partial charge in [0.2, 0.25) is 0 Å². The number of rotatable bonds is 1. The van der Waals surface area contributed by atoms with Gasteiger partial charge in [0.15, 0.2) is 0 Å². The summed E-state index contributed by atoms with van der Waals surface area (Å²) in [7, 11) is 1.93. The molecule has 1 aliphatic rings. The lowest BCUT2D eigenvalue weighted by Gasteiger charge is -2.21. The molecule has 0 heterocycles. The first-order chi connectivity index (χ1) is 9.31. The molecule has 0 radical (unpaired) electrons. The van der Waals surface area contributed by atoms with E-state index in [1.807, 2.05) is 13.1 Å². The minimum atomic E-state index is 0.838. The van der Waals surface area contributed by atoms with Crippen LogP contribution < -0.4 is 11.1 Å². The smallest absolute Gasteiger partial charge is 0.0654 e. The van der Waals surface area contributed by atoms with Crippen LogP contribution in [0.25, 0.3) is 11.4 Å². The Balaban J connectivity index is 2.28. The highest BCUT2D eigenvalue weighted by Gasteiger charge is 2.16. The summed E-state index contributed by atoms with van der Waals surface area (Å²) in [5, 5.41) is 3.27. The topological polar surface area (TPSA) is 38.0 Å². The molecular formula is C17H18N2. The molecule has 2 aromatic rings. The molecule has 2 heteroatoms. The lowest BCUT2D eigenvalue weighted by molar-refractivity contribution is 0.938. The maximum absolute atomic E-state index is 6.40. The van der Waals surface area contributed by atoms with E-state index < -0.39 is 0 Å². The SMILES string of the molecule is CN/C1=C(\N)c2ccccc2CCc2ccccc21. The van der Waals surface area contributed by atoms with Gasteiger partial charge in [0.05, 0.1) is 11.4 Å². The van der Waals surface area contributed by atoms with E-state index in [2.05, 4.69) is 47.8 Å². The van der Waals surface area contributed by atoms with E-state index >= 15 is 0 Å². The fraction of sp³-hybridized carbons (Fsp3) is 0.176. The highest BCUT2D eigenvalue weighted by molar-refractivity contribution is 5.90. The molecule has 0 aliphatic heterocycles. The monoisotopic (exact) mass is 250 g/mol. The third kappa shape index (κ3) is 1.99. The van der Waals surface area contributed by atoms with E-state index in [0.29, 0.717) is 0 Å². The number of hydrogen-bond donors (Lipinski definition) is 2. The molecule has 2 nitrogen and oxygen atoms in total. The summed E-state index contributed by atoms with van der Waals surface area (Å²) in [6, 6.07) is 16.9. The first kappa shape index (κ1) is 11.8. The van der Waals surface area contributed by atoms with Gasteiger partial charge in [-0.25, -0.2) is 0 Å². The van der Waals surface area contributed by atoms with Crippen LogP contribution in [0.15, 0.2) is 48.5 Å². The third-order valence-electron chi connectivity index (χ3n) is 3.78. The van der Waals surface area contributed by atoms with Crippen LogP contribution in [0.5, 0.6) is 0 Å². The van der Waals surface area contributed by atoms with Gasteiger partial charge in [0, 0.05) is 18.2 Å². The molecular weight excluding hydrogens is 232 g/mol. The zero-order valence-corrected chi connectivity index (χ0v) is 11.1. The van der Waals surface area contributed by atoms with Crippen molar-refractivity contribution in [3.05, 3.63) is 70.8 Å². The van der Waals surface area contributed by atoms with E-state index in [0.717, 1.165) is 29.8 Å². The Bertz CT molecular complexity index is 641. The number of nitrogens with one attached hydrogen (secondary N) is 1. The fourth-order valence-corrected chi connectivity index (χ4v) is 2.80. The van der Waals surface area contributed by atoms with Crippen molar-refractivity contribution < 1.29 is 0 Å². The molecule has 0 aromatic heterocycles. The Morgan fingerprint density at radius 2 is 1.37 bits per heavy atom. The predicted molar refractivity (Wildman–Crippen MR) is 80.4 cm³/mol. The van der Waals surface area contributed by atoms with Crippen LogP contribution in [0.1, 0.15) is 22.3 Å². The lowest BCUT2D eigenvalue weighted by Crippen LogP contribution is -2.17. The second kappa shape index (κ2) is 4.81. The molecule has 0 saturated carbocycles. The van der Waals surface area contributed by atoms with Crippen LogP contribution in [0, 0.1) is 0 Å². The summed E-state index contributed by atoms with van der Waals surface area (Å²) < 4.78 is 0. The normalized spacial score (nSPS) is 17.9.